The van der Waals surface area contributed by atoms with Crippen molar-refractivity contribution < 1.29 is 13.9 Å². The van der Waals surface area contributed by atoms with Gasteiger partial charge in [-0.05, 0) is 66.9 Å². The molecule has 2 aromatic carbocycles. The Balaban J connectivity index is 1.42. The smallest absolute Gasteiger partial charge is 0.248 e. The molecular weight excluding hydrogens is 369 g/mol. The van der Waals surface area contributed by atoms with E-state index in [1.807, 2.05) is 36.5 Å². The van der Waals surface area contributed by atoms with Crippen LogP contribution < -0.4 is 10.5 Å². The van der Waals surface area contributed by atoms with Crippen molar-refractivity contribution >= 4 is 5.91 Å². The number of pyridine rings is 1. The zero-order valence-electron chi connectivity index (χ0n) is 15.9. The monoisotopic (exact) mass is 391 g/mol. The number of nitrogens with two attached hydrogens (primary N) is 1. The maximum Gasteiger partial charge on any atom is 0.248 e. The number of nitrogens with zero attached hydrogens (tertiary/aromatic N) is 2. The third kappa shape index (κ3) is 4.43. The third-order valence-corrected chi connectivity index (χ3v) is 5.19. The Morgan fingerprint density at radius 3 is 2.72 bits per heavy atom. The zero-order chi connectivity index (χ0) is 20.2. The molecule has 1 aliphatic rings. The molecule has 1 aliphatic heterocycles. The number of ether oxygens (including phenoxy) is 1. The van der Waals surface area contributed by atoms with E-state index in [-0.39, 0.29) is 11.3 Å². The fourth-order valence-corrected chi connectivity index (χ4v) is 3.73. The zero-order valence-corrected chi connectivity index (χ0v) is 15.9. The fourth-order valence-electron chi connectivity index (χ4n) is 3.73. The Bertz CT molecular complexity index is 993. The molecule has 0 unspecified atom stereocenters. The first kappa shape index (κ1) is 19.1. The molecule has 1 amide bonds. The number of carbonyl (C=O) groups is 1. The molecular formula is C23H22FN3O2. The van der Waals surface area contributed by atoms with Gasteiger partial charge in [-0.1, -0.05) is 18.2 Å². The van der Waals surface area contributed by atoms with Crippen LogP contribution in [0, 0.1) is 5.82 Å². The summed E-state index contributed by atoms with van der Waals surface area (Å²) in [6, 6.07) is 16.1. The summed E-state index contributed by atoms with van der Waals surface area (Å²) in [5.74, 6) is -0.711. The van der Waals surface area contributed by atoms with Gasteiger partial charge in [0.15, 0.2) is 11.6 Å². The van der Waals surface area contributed by atoms with Crippen molar-refractivity contribution in [2.24, 2.45) is 5.73 Å². The lowest BCUT2D eigenvalue weighted by Crippen LogP contribution is -2.22. The number of hydrogen-bond acceptors (Lipinski definition) is 4. The van der Waals surface area contributed by atoms with Crippen molar-refractivity contribution in [3.05, 3.63) is 89.5 Å². The van der Waals surface area contributed by atoms with Gasteiger partial charge in [-0.3, -0.25) is 14.7 Å². The van der Waals surface area contributed by atoms with Gasteiger partial charge >= 0.3 is 0 Å². The van der Waals surface area contributed by atoms with Crippen molar-refractivity contribution in [1.29, 1.82) is 0 Å². The van der Waals surface area contributed by atoms with E-state index in [9.17, 15) is 9.18 Å². The molecule has 5 nitrogen and oxygen atoms in total. The number of amides is 1. The highest BCUT2D eigenvalue weighted by Gasteiger charge is 2.26. The second-order valence-electron chi connectivity index (χ2n) is 7.17. The van der Waals surface area contributed by atoms with Crippen molar-refractivity contribution in [3.8, 4) is 11.5 Å². The minimum atomic E-state index is -0.675. The van der Waals surface area contributed by atoms with Crippen LogP contribution in [0.1, 0.15) is 40.4 Å². The summed E-state index contributed by atoms with van der Waals surface area (Å²) >= 11 is 0. The van der Waals surface area contributed by atoms with E-state index in [0.29, 0.717) is 11.8 Å². The molecule has 4 rings (SSSR count). The van der Waals surface area contributed by atoms with Crippen molar-refractivity contribution in [2.75, 3.05) is 6.54 Å². The summed E-state index contributed by atoms with van der Waals surface area (Å²) in [5, 5.41) is 0. The molecule has 1 fully saturated rings. The Labute approximate surface area is 168 Å². The number of halogens is 1. The van der Waals surface area contributed by atoms with E-state index in [4.69, 9.17) is 10.5 Å². The van der Waals surface area contributed by atoms with Gasteiger partial charge in [0.05, 0.1) is 0 Å². The van der Waals surface area contributed by atoms with Gasteiger partial charge in [0.25, 0.3) is 0 Å². The molecule has 0 saturated carbocycles. The van der Waals surface area contributed by atoms with Crippen LogP contribution in [-0.4, -0.2) is 22.3 Å². The lowest BCUT2D eigenvalue weighted by Gasteiger charge is -2.24. The first-order valence-electron chi connectivity index (χ1n) is 9.60. The summed E-state index contributed by atoms with van der Waals surface area (Å²) in [4.78, 5) is 17.8. The average Bonchev–Trinajstić information content (AvgIpc) is 3.19. The van der Waals surface area contributed by atoms with Crippen LogP contribution in [-0.2, 0) is 6.54 Å². The summed E-state index contributed by atoms with van der Waals surface area (Å²) in [5.41, 5.74) is 7.69. The van der Waals surface area contributed by atoms with Crippen LogP contribution in [0.25, 0.3) is 0 Å². The van der Waals surface area contributed by atoms with Crippen LogP contribution in [0.4, 0.5) is 4.39 Å². The minimum absolute atomic E-state index is 0.0546. The fraction of sp³-hybridized carbons (Fsp3) is 0.217. The molecule has 0 spiro atoms. The Kier molecular flexibility index (Phi) is 5.53. The minimum Gasteiger partial charge on any atom is -0.454 e. The van der Waals surface area contributed by atoms with Gasteiger partial charge in [0, 0.05) is 30.5 Å². The average molecular weight is 391 g/mol. The lowest BCUT2D eigenvalue weighted by molar-refractivity contribution is 0.1000. The molecule has 0 bridgehead atoms. The number of carbonyl (C=O) groups excluding carboxylic acids is 1. The summed E-state index contributed by atoms with van der Waals surface area (Å²) in [7, 11) is 0. The normalized spacial score (nSPS) is 16.7. The second kappa shape index (κ2) is 8.41. The number of benzene rings is 2. The molecule has 3 aromatic rings. The number of hydrogen-bond donors (Lipinski definition) is 1. The first-order chi connectivity index (χ1) is 14.1. The molecule has 2 heterocycles. The highest BCUT2D eigenvalue weighted by Crippen LogP contribution is 2.33. The number of aromatic nitrogens is 1. The van der Waals surface area contributed by atoms with Gasteiger partial charge in [0.2, 0.25) is 5.91 Å². The van der Waals surface area contributed by atoms with E-state index in [1.165, 1.54) is 24.1 Å². The Morgan fingerprint density at radius 1 is 1.21 bits per heavy atom. The maximum absolute atomic E-state index is 14.1. The lowest BCUT2D eigenvalue weighted by atomic mass is 10.1. The predicted molar refractivity (Wildman–Crippen MR) is 108 cm³/mol. The van der Waals surface area contributed by atoms with Crippen LogP contribution in [0.2, 0.25) is 0 Å². The van der Waals surface area contributed by atoms with Gasteiger partial charge in [-0.15, -0.1) is 0 Å². The Hall–Kier alpha value is -3.25. The SMILES string of the molecule is NC(=O)c1ccc(Oc2ccc(CN3CCC[C@H]3c3cccnc3)cc2)c(F)c1. The molecule has 0 radical (unpaired) electrons. The highest BCUT2D eigenvalue weighted by molar-refractivity contribution is 5.92. The van der Waals surface area contributed by atoms with Gasteiger partial charge in [0.1, 0.15) is 5.75 Å². The van der Waals surface area contributed by atoms with Crippen LogP contribution >= 0.6 is 0 Å². The van der Waals surface area contributed by atoms with Crippen LogP contribution in [0.15, 0.2) is 67.0 Å². The number of rotatable bonds is 6. The maximum atomic E-state index is 14.1. The number of likely N-dealkylation sites (tertiary alicyclic amines) is 1. The van der Waals surface area contributed by atoms with Gasteiger partial charge < -0.3 is 10.5 Å². The van der Waals surface area contributed by atoms with Gasteiger partial charge in [-0.25, -0.2) is 4.39 Å². The molecule has 1 saturated heterocycles. The molecule has 6 heteroatoms. The molecule has 29 heavy (non-hydrogen) atoms. The highest BCUT2D eigenvalue weighted by atomic mass is 19.1. The van der Waals surface area contributed by atoms with E-state index in [2.05, 4.69) is 16.0 Å². The van der Waals surface area contributed by atoms with Crippen LogP contribution in [0.3, 0.4) is 0 Å². The van der Waals surface area contributed by atoms with Crippen molar-refractivity contribution in [1.82, 2.24) is 9.88 Å². The quantitative estimate of drug-likeness (QED) is 0.674. The summed E-state index contributed by atoms with van der Waals surface area (Å²) < 4.78 is 19.7. The molecule has 1 aromatic heterocycles. The summed E-state index contributed by atoms with van der Waals surface area (Å²) in [6.07, 6.45) is 6.04. The van der Waals surface area contributed by atoms with E-state index >= 15 is 0 Å². The second-order valence-corrected chi connectivity index (χ2v) is 7.17. The topological polar surface area (TPSA) is 68.5 Å². The van der Waals surface area contributed by atoms with Crippen molar-refractivity contribution in [2.45, 2.75) is 25.4 Å². The molecule has 0 aliphatic carbocycles. The standard InChI is InChI=1S/C23H22FN3O2/c24-20-13-17(23(25)28)7-10-22(20)29-19-8-5-16(6-9-19)15-27-12-2-4-21(27)18-3-1-11-26-14-18/h1,3,5-11,13-14,21H,2,4,12,15H2,(H2,25,28)/t21-/m0/s1. The molecule has 148 valence electrons. The predicted octanol–water partition coefficient (Wildman–Crippen LogP) is 4.45. The molecule has 1 atom stereocenters. The first-order valence-corrected chi connectivity index (χ1v) is 9.60. The van der Waals surface area contributed by atoms with E-state index in [1.54, 1.807) is 6.20 Å². The van der Waals surface area contributed by atoms with Crippen LogP contribution in [0.5, 0.6) is 11.5 Å². The largest absolute Gasteiger partial charge is 0.454 e. The third-order valence-electron chi connectivity index (χ3n) is 5.19. The molecule has 2 N–H and O–H groups in total. The van der Waals surface area contributed by atoms with Crippen molar-refractivity contribution in [3.63, 3.8) is 0 Å². The van der Waals surface area contributed by atoms with E-state index < -0.39 is 11.7 Å². The van der Waals surface area contributed by atoms with Gasteiger partial charge in [-0.2, -0.15) is 0 Å². The Morgan fingerprint density at radius 2 is 2.03 bits per heavy atom. The van der Waals surface area contributed by atoms with E-state index in [0.717, 1.165) is 31.1 Å². The number of primary amides is 1. The summed E-state index contributed by atoms with van der Waals surface area (Å²) in [6.45, 7) is 1.89.